The molecule has 0 saturated carbocycles. The van der Waals surface area contributed by atoms with Gasteiger partial charge < -0.3 is 14.1 Å². The molecule has 0 amide bonds. The lowest BCUT2D eigenvalue weighted by Gasteiger charge is -2.19. The molecule has 4 heteroatoms. The van der Waals surface area contributed by atoms with Crippen molar-refractivity contribution in [1.29, 1.82) is 0 Å². The number of fused-ring (bicyclic) bond motifs is 3. The number of methoxy groups -OCH3 is 1. The Kier molecular flexibility index (Phi) is 7.51. The Balaban J connectivity index is 1.57. The number of ether oxygens (including phenoxy) is 1. The first-order valence-corrected chi connectivity index (χ1v) is 12.2. The molecule has 1 atom stereocenters. The molecule has 4 nitrogen and oxygen atoms in total. The minimum absolute atomic E-state index is 0.223. The highest BCUT2D eigenvalue weighted by molar-refractivity contribution is 5.86. The van der Waals surface area contributed by atoms with Gasteiger partial charge in [0.25, 0.3) is 0 Å². The van der Waals surface area contributed by atoms with E-state index in [1.54, 1.807) is 12.1 Å². The zero-order valence-corrected chi connectivity index (χ0v) is 19.4. The number of carbonyl (C=O) groups excluding carboxylic acids is 1. The van der Waals surface area contributed by atoms with Gasteiger partial charge in [-0.15, -0.1) is 0 Å². The lowest BCUT2D eigenvalue weighted by molar-refractivity contribution is 0.0564. The summed E-state index contributed by atoms with van der Waals surface area (Å²) >= 11 is 0. The average molecular weight is 434 g/mol. The van der Waals surface area contributed by atoms with Crippen molar-refractivity contribution in [3.63, 3.8) is 0 Å². The van der Waals surface area contributed by atoms with E-state index in [-0.39, 0.29) is 5.76 Å². The molecule has 0 radical (unpaired) electrons. The molecule has 2 aliphatic rings. The molecule has 2 aromatic heterocycles. The van der Waals surface area contributed by atoms with Gasteiger partial charge in [-0.25, -0.2) is 4.79 Å². The zero-order valence-electron chi connectivity index (χ0n) is 19.4. The summed E-state index contributed by atoms with van der Waals surface area (Å²) in [7, 11) is 1.36. The number of aromatic amines is 1. The summed E-state index contributed by atoms with van der Waals surface area (Å²) in [5, 5.41) is 2.57. The molecule has 2 heterocycles. The van der Waals surface area contributed by atoms with Crippen LogP contribution in [0.5, 0.6) is 0 Å². The Bertz CT molecular complexity index is 1110. The summed E-state index contributed by atoms with van der Waals surface area (Å²) in [6.45, 7) is 2.27. The highest BCUT2D eigenvalue weighted by Crippen LogP contribution is 2.29. The fourth-order valence-corrected chi connectivity index (χ4v) is 4.93. The third kappa shape index (κ3) is 5.01. The second kappa shape index (κ2) is 10.7. The molecule has 4 rings (SSSR count). The summed E-state index contributed by atoms with van der Waals surface area (Å²) in [5.41, 5.74) is 4.18. The van der Waals surface area contributed by atoms with Crippen LogP contribution >= 0.6 is 0 Å². The molecule has 0 aromatic carbocycles. The van der Waals surface area contributed by atoms with Gasteiger partial charge in [0.15, 0.2) is 0 Å². The molecule has 1 unspecified atom stereocenters. The van der Waals surface area contributed by atoms with Crippen LogP contribution in [0, 0.1) is 0 Å². The summed E-state index contributed by atoms with van der Waals surface area (Å²) in [4.78, 5) is 15.4. The van der Waals surface area contributed by atoms with Crippen LogP contribution in [-0.4, -0.2) is 18.1 Å². The maximum Gasteiger partial charge on any atom is 0.373 e. The number of allylic oxidation sites excluding steroid dienone is 3. The maximum atomic E-state index is 11.6. The second-order valence-electron chi connectivity index (χ2n) is 8.91. The summed E-state index contributed by atoms with van der Waals surface area (Å²) in [6, 6.07) is 3.45. The van der Waals surface area contributed by atoms with E-state index in [1.807, 2.05) is 6.08 Å². The minimum Gasteiger partial charge on any atom is -0.463 e. The van der Waals surface area contributed by atoms with Crippen molar-refractivity contribution in [2.45, 2.75) is 77.0 Å². The van der Waals surface area contributed by atoms with Crippen molar-refractivity contribution in [2.75, 3.05) is 7.11 Å². The maximum absolute atomic E-state index is 11.6. The molecule has 2 aliphatic carbocycles. The van der Waals surface area contributed by atoms with E-state index in [9.17, 15) is 4.79 Å². The van der Waals surface area contributed by atoms with E-state index < -0.39 is 5.97 Å². The zero-order chi connectivity index (χ0) is 22.3. The van der Waals surface area contributed by atoms with Gasteiger partial charge in [-0.3, -0.25) is 0 Å². The van der Waals surface area contributed by atoms with Gasteiger partial charge in [-0.2, -0.15) is 0 Å². The van der Waals surface area contributed by atoms with Crippen LogP contribution in [0.1, 0.15) is 98.1 Å². The summed E-state index contributed by atoms with van der Waals surface area (Å²) in [6.07, 6.45) is 23.8. The standard InChI is InChI=1S/C28H35NO3/c1-3-4-5-6-7-8-11-20-14-15-21(16-17-22-18-19-25(32-22)28(30)31-2)27-26(20)23-12-9-10-13-24(23)29-27/h13-20,29H,3-12H2,1-2H3. The van der Waals surface area contributed by atoms with Crippen molar-refractivity contribution in [3.05, 3.63) is 63.7 Å². The van der Waals surface area contributed by atoms with E-state index in [4.69, 9.17) is 9.15 Å². The van der Waals surface area contributed by atoms with E-state index in [0.29, 0.717) is 11.7 Å². The monoisotopic (exact) mass is 433 g/mol. The van der Waals surface area contributed by atoms with Crippen LogP contribution in [0.2, 0.25) is 0 Å². The van der Waals surface area contributed by atoms with Gasteiger partial charge in [0.1, 0.15) is 5.76 Å². The summed E-state index contributed by atoms with van der Waals surface area (Å²) in [5.74, 6) is 0.905. The molecule has 0 saturated heterocycles. The predicted octanol–water partition coefficient (Wildman–Crippen LogP) is 5.78. The van der Waals surface area contributed by atoms with Crippen LogP contribution in [0.3, 0.4) is 0 Å². The van der Waals surface area contributed by atoms with Crippen molar-refractivity contribution in [3.8, 4) is 0 Å². The Morgan fingerprint density at radius 3 is 2.88 bits per heavy atom. The lowest BCUT2D eigenvalue weighted by atomic mass is 9.84. The molecule has 0 spiro atoms. The predicted molar refractivity (Wildman–Crippen MR) is 130 cm³/mol. The largest absolute Gasteiger partial charge is 0.463 e. The number of hydrogen-bond acceptors (Lipinski definition) is 3. The van der Waals surface area contributed by atoms with E-state index in [0.717, 1.165) is 18.4 Å². The average Bonchev–Trinajstić information content (AvgIpc) is 3.45. The van der Waals surface area contributed by atoms with E-state index in [2.05, 4.69) is 36.2 Å². The van der Waals surface area contributed by atoms with Gasteiger partial charge in [0.05, 0.1) is 7.11 Å². The molecular weight excluding hydrogens is 398 g/mol. The SMILES string of the molecule is CCCCCCCCC1C=CC(C=Cc2ccc(C(=O)OC)o2)=c2[nH]c3c(c21)CCCC=3. The molecule has 170 valence electrons. The highest BCUT2D eigenvalue weighted by atomic mass is 16.5. The molecule has 0 fully saturated rings. The number of esters is 1. The summed E-state index contributed by atoms with van der Waals surface area (Å²) < 4.78 is 10.3. The van der Waals surface area contributed by atoms with E-state index >= 15 is 0 Å². The number of aromatic nitrogens is 1. The van der Waals surface area contributed by atoms with Crippen LogP contribution in [0.4, 0.5) is 0 Å². The quantitative estimate of drug-likeness (QED) is 0.382. The first kappa shape index (κ1) is 22.4. The lowest BCUT2D eigenvalue weighted by Crippen LogP contribution is -2.19. The first-order chi connectivity index (χ1) is 15.7. The topological polar surface area (TPSA) is 55.2 Å². The Labute approximate surface area is 190 Å². The Hall–Kier alpha value is -2.75. The van der Waals surface area contributed by atoms with E-state index in [1.165, 1.54) is 80.3 Å². The Morgan fingerprint density at radius 1 is 1.19 bits per heavy atom. The van der Waals surface area contributed by atoms with Gasteiger partial charge in [-0.1, -0.05) is 63.7 Å². The number of carbonyl (C=O) groups is 1. The number of rotatable bonds is 10. The smallest absolute Gasteiger partial charge is 0.373 e. The number of furan rings is 1. The number of nitrogens with one attached hydrogen (secondary N) is 1. The Morgan fingerprint density at radius 2 is 2.03 bits per heavy atom. The number of H-pyrrole nitrogens is 1. The van der Waals surface area contributed by atoms with Crippen molar-refractivity contribution >= 4 is 23.7 Å². The number of hydrogen-bond donors (Lipinski definition) is 1. The first-order valence-electron chi connectivity index (χ1n) is 12.2. The second-order valence-corrected chi connectivity index (χ2v) is 8.91. The van der Waals surface area contributed by atoms with Crippen LogP contribution in [0.25, 0.3) is 17.7 Å². The van der Waals surface area contributed by atoms with Crippen molar-refractivity contribution in [1.82, 2.24) is 4.98 Å². The minimum atomic E-state index is -0.456. The molecule has 0 aliphatic heterocycles. The fraction of sp³-hybridized carbons (Fsp3) is 0.464. The molecule has 2 aromatic rings. The fourth-order valence-electron chi connectivity index (χ4n) is 4.93. The van der Waals surface area contributed by atoms with Crippen LogP contribution < -0.4 is 10.7 Å². The molecular formula is C28H35NO3. The molecule has 32 heavy (non-hydrogen) atoms. The third-order valence-electron chi connectivity index (χ3n) is 6.64. The highest BCUT2D eigenvalue weighted by Gasteiger charge is 2.22. The normalized spacial score (nSPS) is 17.3. The van der Waals surface area contributed by atoms with Gasteiger partial charge >= 0.3 is 5.97 Å². The van der Waals surface area contributed by atoms with Crippen molar-refractivity contribution in [2.24, 2.45) is 0 Å². The van der Waals surface area contributed by atoms with Crippen LogP contribution in [0.15, 0.2) is 34.8 Å². The number of unbranched alkanes of at least 4 members (excludes halogenated alkanes) is 5. The van der Waals surface area contributed by atoms with Crippen LogP contribution in [-0.2, 0) is 11.2 Å². The van der Waals surface area contributed by atoms with Gasteiger partial charge in [-0.05, 0) is 66.7 Å². The molecule has 0 bridgehead atoms. The molecule has 1 N–H and O–H groups in total. The third-order valence-corrected chi connectivity index (χ3v) is 6.64. The van der Waals surface area contributed by atoms with Gasteiger partial charge in [0.2, 0.25) is 5.76 Å². The van der Waals surface area contributed by atoms with Crippen molar-refractivity contribution < 1.29 is 13.9 Å². The van der Waals surface area contributed by atoms with Gasteiger partial charge in [0, 0.05) is 16.6 Å².